The number of urea groups is 1. The van der Waals surface area contributed by atoms with E-state index in [1.54, 1.807) is 43.5 Å². The fraction of sp³-hybridized carbons (Fsp3) is 0.211. The van der Waals surface area contributed by atoms with Gasteiger partial charge in [-0.3, -0.25) is 4.79 Å². The number of ether oxygens (including phenoxy) is 1. The lowest BCUT2D eigenvalue weighted by Gasteiger charge is -2.12. The molecule has 0 spiro atoms. The number of benzene rings is 2. The number of carbonyl (C=O) groups excluding carboxylic acids is 1. The number of hydrogen-bond donors (Lipinski definition) is 2. The molecule has 2 aromatic carbocycles. The van der Waals surface area contributed by atoms with Crippen LogP contribution in [-0.4, -0.2) is 29.5 Å². The average molecular weight is 387 g/mol. The summed E-state index contributed by atoms with van der Waals surface area (Å²) in [6.07, 6.45) is 0. The van der Waals surface area contributed by atoms with Crippen molar-refractivity contribution in [3.8, 4) is 0 Å². The highest BCUT2D eigenvalue weighted by molar-refractivity contribution is 6.30. The Bertz CT molecular complexity index is 1000. The van der Waals surface area contributed by atoms with Crippen LogP contribution in [0.4, 0.5) is 10.5 Å². The SMILES string of the molecule is COCCn1nc(CNC(=O)Nc2ccc(Cl)cc2)c2ccccc2c1=O. The van der Waals surface area contributed by atoms with Crippen LogP contribution in [0, 0.1) is 0 Å². The second-order valence-electron chi connectivity index (χ2n) is 5.83. The molecule has 0 aliphatic rings. The summed E-state index contributed by atoms with van der Waals surface area (Å²) < 4.78 is 6.40. The molecule has 0 fully saturated rings. The average Bonchev–Trinajstić information content (AvgIpc) is 2.68. The first-order valence-electron chi connectivity index (χ1n) is 8.36. The minimum absolute atomic E-state index is 0.174. The predicted octanol–water partition coefficient (Wildman–Crippen LogP) is 3.02. The second kappa shape index (κ2) is 8.66. The van der Waals surface area contributed by atoms with Gasteiger partial charge in [-0.05, 0) is 30.3 Å². The normalized spacial score (nSPS) is 10.7. The summed E-state index contributed by atoms with van der Waals surface area (Å²) in [5.41, 5.74) is 1.05. The van der Waals surface area contributed by atoms with E-state index < -0.39 is 0 Å². The number of carbonyl (C=O) groups is 1. The molecular weight excluding hydrogens is 368 g/mol. The molecule has 0 aliphatic heterocycles. The van der Waals surface area contributed by atoms with Crippen molar-refractivity contribution in [3.63, 3.8) is 0 Å². The van der Waals surface area contributed by atoms with Gasteiger partial charge in [0.2, 0.25) is 0 Å². The Morgan fingerprint density at radius 2 is 1.85 bits per heavy atom. The highest BCUT2D eigenvalue weighted by atomic mass is 35.5. The first kappa shape index (κ1) is 18.9. The van der Waals surface area contributed by atoms with Gasteiger partial charge >= 0.3 is 6.03 Å². The lowest BCUT2D eigenvalue weighted by atomic mass is 10.1. The van der Waals surface area contributed by atoms with E-state index in [0.29, 0.717) is 40.3 Å². The summed E-state index contributed by atoms with van der Waals surface area (Å²) in [4.78, 5) is 24.7. The van der Waals surface area contributed by atoms with Crippen molar-refractivity contribution in [3.05, 3.63) is 69.6 Å². The van der Waals surface area contributed by atoms with Crippen molar-refractivity contribution in [2.75, 3.05) is 19.0 Å². The van der Waals surface area contributed by atoms with Crippen LogP contribution in [-0.2, 0) is 17.8 Å². The summed E-state index contributed by atoms with van der Waals surface area (Å²) in [5, 5.41) is 11.7. The maximum Gasteiger partial charge on any atom is 0.319 e. The van der Waals surface area contributed by atoms with Crippen LogP contribution in [0.3, 0.4) is 0 Å². The Kier molecular flexibility index (Phi) is 6.05. The van der Waals surface area contributed by atoms with Crippen molar-refractivity contribution >= 4 is 34.1 Å². The maximum atomic E-state index is 12.5. The number of aromatic nitrogens is 2. The molecule has 1 heterocycles. The molecule has 0 bridgehead atoms. The molecule has 0 saturated heterocycles. The monoisotopic (exact) mass is 386 g/mol. The molecule has 0 atom stereocenters. The lowest BCUT2D eigenvalue weighted by molar-refractivity contribution is 0.181. The van der Waals surface area contributed by atoms with Crippen molar-refractivity contribution in [1.29, 1.82) is 0 Å². The summed E-state index contributed by atoms with van der Waals surface area (Å²) in [6.45, 7) is 0.881. The molecule has 2 amide bonds. The standard InChI is InChI=1S/C19H19ClN4O3/c1-27-11-10-24-18(25)16-5-3-2-4-15(16)17(23-24)12-21-19(26)22-14-8-6-13(20)7-9-14/h2-9H,10-12H2,1H3,(H2,21,22,26). The van der Waals surface area contributed by atoms with Gasteiger partial charge in [0.25, 0.3) is 5.56 Å². The number of fused-ring (bicyclic) bond motifs is 1. The quantitative estimate of drug-likeness (QED) is 0.682. The third-order valence-corrected chi connectivity index (χ3v) is 4.22. The minimum Gasteiger partial charge on any atom is -0.383 e. The van der Waals surface area contributed by atoms with E-state index >= 15 is 0 Å². The van der Waals surface area contributed by atoms with Gasteiger partial charge in [-0.15, -0.1) is 0 Å². The van der Waals surface area contributed by atoms with Crippen LogP contribution >= 0.6 is 11.6 Å². The molecule has 7 nitrogen and oxygen atoms in total. The first-order chi connectivity index (χ1) is 13.1. The number of nitrogens with one attached hydrogen (secondary N) is 2. The first-order valence-corrected chi connectivity index (χ1v) is 8.74. The van der Waals surface area contributed by atoms with Crippen LogP contribution in [0.5, 0.6) is 0 Å². The number of rotatable bonds is 6. The van der Waals surface area contributed by atoms with Gasteiger partial charge < -0.3 is 15.4 Å². The lowest BCUT2D eigenvalue weighted by Crippen LogP contribution is -2.31. The van der Waals surface area contributed by atoms with E-state index in [0.717, 1.165) is 0 Å². The molecule has 2 N–H and O–H groups in total. The summed E-state index contributed by atoms with van der Waals surface area (Å²) in [7, 11) is 1.57. The van der Waals surface area contributed by atoms with Crippen LogP contribution in [0.25, 0.3) is 10.8 Å². The van der Waals surface area contributed by atoms with Gasteiger partial charge in [0, 0.05) is 23.2 Å². The van der Waals surface area contributed by atoms with E-state index in [1.165, 1.54) is 4.68 Å². The number of amides is 2. The molecule has 1 aromatic heterocycles. The molecule has 0 radical (unpaired) electrons. The Hall–Kier alpha value is -2.90. The number of anilines is 1. The number of nitrogens with zero attached hydrogens (tertiary/aromatic N) is 2. The Morgan fingerprint density at radius 1 is 1.15 bits per heavy atom. The smallest absolute Gasteiger partial charge is 0.319 e. The maximum absolute atomic E-state index is 12.5. The Balaban J connectivity index is 1.79. The fourth-order valence-electron chi connectivity index (χ4n) is 2.64. The summed E-state index contributed by atoms with van der Waals surface area (Å²) in [6, 6.07) is 13.6. The number of methoxy groups -OCH3 is 1. The van der Waals surface area contributed by atoms with E-state index in [-0.39, 0.29) is 18.1 Å². The molecule has 27 heavy (non-hydrogen) atoms. The van der Waals surface area contributed by atoms with Crippen LogP contribution in [0.1, 0.15) is 5.69 Å². The zero-order chi connectivity index (χ0) is 19.2. The molecule has 3 rings (SSSR count). The highest BCUT2D eigenvalue weighted by Crippen LogP contribution is 2.14. The molecule has 0 saturated carbocycles. The van der Waals surface area contributed by atoms with Crippen LogP contribution in [0.2, 0.25) is 5.02 Å². The van der Waals surface area contributed by atoms with E-state index in [4.69, 9.17) is 16.3 Å². The largest absolute Gasteiger partial charge is 0.383 e. The van der Waals surface area contributed by atoms with Gasteiger partial charge in [0.15, 0.2) is 0 Å². The van der Waals surface area contributed by atoms with Gasteiger partial charge in [-0.25, -0.2) is 9.48 Å². The van der Waals surface area contributed by atoms with Crippen LogP contribution in [0.15, 0.2) is 53.3 Å². The third kappa shape index (κ3) is 4.64. The summed E-state index contributed by atoms with van der Waals surface area (Å²) >= 11 is 5.84. The molecule has 0 aliphatic carbocycles. The topological polar surface area (TPSA) is 85.2 Å². The predicted molar refractivity (Wildman–Crippen MR) is 105 cm³/mol. The number of halogens is 1. The van der Waals surface area contributed by atoms with Crippen molar-refractivity contribution in [1.82, 2.24) is 15.1 Å². The van der Waals surface area contributed by atoms with Crippen molar-refractivity contribution in [2.24, 2.45) is 0 Å². The van der Waals surface area contributed by atoms with E-state index in [9.17, 15) is 9.59 Å². The zero-order valence-corrected chi connectivity index (χ0v) is 15.5. The highest BCUT2D eigenvalue weighted by Gasteiger charge is 2.11. The molecule has 0 unspecified atom stereocenters. The van der Waals surface area contributed by atoms with Crippen LogP contribution < -0.4 is 16.2 Å². The molecule has 8 heteroatoms. The fourth-order valence-corrected chi connectivity index (χ4v) is 2.76. The van der Waals surface area contributed by atoms with Crippen molar-refractivity contribution in [2.45, 2.75) is 13.1 Å². The van der Waals surface area contributed by atoms with E-state index in [1.807, 2.05) is 12.1 Å². The molecule has 140 valence electrons. The minimum atomic E-state index is -0.377. The van der Waals surface area contributed by atoms with Crippen molar-refractivity contribution < 1.29 is 9.53 Å². The van der Waals surface area contributed by atoms with Gasteiger partial charge in [-0.1, -0.05) is 29.8 Å². The molecule has 3 aromatic rings. The Morgan fingerprint density at radius 3 is 2.56 bits per heavy atom. The van der Waals surface area contributed by atoms with Gasteiger partial charge in [-0.2, -0.15) is 5.10 Å². The Labute approximate surface area is 160 Å². The number of hydrogen-bond acceptors (Lipinski definition) is 4. The zero-order valence-electron chi connectivity index (χ0n) is 14.7. The summed E-state index contributed by atoms with van der Waals surface area (Å²) in [5.74, 6) is 0. The van der Waals surface area contributed by atoms with Gasteiger partial charge in [0.1, 0.15) is 0 Å². The van der Waals surface area contributed by atoms with E-state index in [2.05, 4.69) is 15.7 Å². The second-order valence-corrected chi connectivity index (χ2v) is 6.26. The van der Waals surface area contributed by atoms with Gasteiger partial charge in [0.05, 0.1) is 30.8 Å². The third-order valence-electron chi connectivity index (χ3n) is 3.97. The molecular formula is C19H19ClN4O3.